The van der Waals surface area contributed by atoms with Crippen LogP contribution in [0.15, 0.2) is 45.9 Å². The lowest BCUT2D eigenvalue weighted by atomic mass is 10.1. The van der Waals surface area contributed by atoms with E-state index in [9.17, 15) is 4.79 Å². The lowest BCUT2D eigenvalue weighted by molar-refractivity contribution is -0.137. The summed E-state index contributed by atoms with van der Waals surface area (Å²) in [5, 5.41) is 12.5. The maximum atomic E-state index is 10.0. The number of aromatic nitrogens is 4. The molecule has 0 amide bonds. The minimum absolute atomic E-state index is 0.337. The number of hydrogen-bond donors (Lipinski definition) is 2. The van der Waals surface area contributed by atoms with Crippen molar-refractivity contribution in [3.63, 3.8) is 0 Å². The average Bonchev–Trinajstić information content (AvgIpc) is 3.37. The minimum atomic E-state index is -0.670. The van der Waals surface area contributed by atoms with Crippen LogP contribution in [0.2, 0.25) is 0 Å². The van der Waals surface area contributed by atoms with Gasteiger partial charge in [0.15, 0.2) is 11.2 Å². The van der Waals surface area contributed by atoms with Crippen LogP contribution in [0.5, 0.6) is 0 Å². The Balaban J connectivity index is 0.000000220. The Morgan fingerprint density at radius 3 is 2.77 bits per heavy atom. The van der Waals surface area contributed by atoms with E-state index in [1.165, 1.54) is 19.3 Å². The van der Waals surface area contributed by atoms with Crippen LogP contribution in [0.25, 0.3) is 27.9 Å². The summed E-state index contributed by atoms with van der Waals surface area (Å²) >= 11 is 3.33. The standard InChI is InChI=1S/C13H8BrN5O.C8H16O2/c14-9-6-17-13-8(5-18-19(13)12(9)15)7-3-11-10(16-4-7)1-2-20-11;1-2-3-4-5-6-7-8(9)10/h1-6H,15H2;2-7H2,1H3,(H,9,10). The lowest BCUT2D eigenvalue weighted by Gasteiger charge is -2.02. The first-order valence-corrected chi connectivity index (χ1v) is 10.6. The van der Waals surface area contributed by atoms with E-state index in [1.807, 2.05) is 12.1 Å². The van der Waals surface area contributed by atoms with Crippen molar-refractivity contribution in [3.05, 3.63) is 41.5 Å². The van der Waals surface area contributed by atoms with Gasteiger partial charge in [0, 0.05) is 36.0 Å². The van der Waals surface area contributed by atoms with Gasteiger partial charge in [-0.2, -0.15) is 9.61 Å². The Bertz CT molecular complexity index is 1140. The molecule has 0 spiro atoms. The number of hydrogen-bond acceptors (Lipinski definition) is 6. The fourth-order valence-corrected chi connectivity index (χ4v) is 3.28. The summed E-state index contributed by atoms with van der Waals surface area (Å²) < 4.78 is 7.67. The fraction of sp³-hybridized carbons (Fsp3) is 0.333. The molecule has 158 valence electrons. The number of aliphatic carboxylic acids is 1. The number of carbonyl (C=O) groups is 1. The molecule has 4 heterocycles. The van der Waals surface area contributed by atoms with Crippen LogP contribution in [0, 0.1) is 0 Å². The van der Waals surface area contributed by atoms with Gasteiger partial charge in [0.1, 0.15) is 11.3 Å². The van der Waals surface area contributed by atoms with Crippen molar-refractivity contribution < 1.29 is 14.3 Å². The van der Waals surface area contributed by atoms with Crippen LogP contribution >= 0.6 is 15.9 Å². The topological polar surface area (TPSA) is 120 Å². The predicted octanol–water partition coefficient (Wildman–Crippen LogP) is 5.31. The molecule has 0 aliphatic heterocycles. The highest BCUT2D eigenvalue weighted by atomic mass is 79.9. The molecular weight excluding hydrogens is 450 g/mol. The van der Waals surface area contributed by atoms with Crippen molar-refractivity contribution >= 4 is 44.5 Å². The number of furan rings is 1. The van der Waals surface area contributed by atoms with Crippen LogP contribution in [-0.4, -0.2) is 30.7 Å². The molecule has 4 rings (SSSR count). The van der Waals surface area contributed by atoms with Gasteiger partial charge in [-0.1, -0.05) is 32.6 Å². The summed E-state index contributed by atoms with van der Waals surface area (Å²) in [7, 11) is 0. The van der Waals surface area contributed by atoms with Crippen molar-refractivity contribution in [3.8, 4) is 11.1 Å². The largest absolute Gasteiger partial charge is 0.481 e. The minimum Gasteiger partial charge on any atom is -0.481 e. The summed E-state index contributed by atoms with van der Waals surface area (Å²) in [6, 6.07) is 3.74. The molecule has 0 bridgehead atoms. The molecule has 8 nitrogen and oxygen atoms in total. The number of carboxylic acid groups (broad SMARTS) is 1. The van der Waals surface area contributed by atoms with Crippen molar-refractivity contribution in [2.45, 2.75) is 45.4 Å². The van der Waals surface area contributed by atoms with Crippen LogP contribution in [-0.2, 0) is 4.79 Å². The van der Waals surface area contributed by atoms with E-state index in [4.69, 9.17) is 15.3 Å². The van der Waals surface area contributed by atoms with E-state index in [0.29, 0.717) is 22.4 Å². The van der Waals surface area contributed by atoms with Crippen molar-refractivity contribution in [1.82, 2.24) is 19.6 Å². The van der Waals surface area contributed by atoms with E-state index in [1.54, 1.807) is 29.4 Å². The maximum Gasteiger partial charge on any atom is 0.303 e. The van der Waals surface area contributed by atoms with Crippen LogP contribution in [0.3, 0.4) is 0 Å². The first kappa shape index (κ1) is 21.8. The second-order valence-corrected chi connectivity index (χ2v) is 7.73. The molecule has 30 heavy (non-hydrogen) atoms. The number of nitrogens with two attached hydrogens (primary N) is 1. The smallest absolute Gasteiger partial charge is 0.303 e. The number of rotatable bonds is 7. The number of nitrogen functional groups attached to an aromatic ring is 1. The summed E-state index contributed by atoms with van der Waals surface area (Å²) in [5.41, 5.74) is 9.93. The number of nitrogens with zero attached hydrogens (tertiary/aromatic N) is 4. The van der Waals surface area contributed by atoms with E-state index < -0.39 is 5.97 Å². The number of unbranched alkanes of at least 4 members (excludes halogenated alkanes) is 4. The fourth-order valence-electron chi connectivity index (χ4n) is 3.00. The van der Waals surface area contributed by atoms with Gasteiger partial charge >= 0.3 is 5.97 Å². The molecule has 0 aromatic carbocycles. The highest BCUT2D eigenvalue weighted by Crippen LogP contribution is 2.28. The van der Waals surface area contributed by atoms with Crippen LogP contribution < -0.4 is 5.73 Å². The van der Waals surface area contributed by atoms with Gasteiger partial charge in [-0.25, -0.2) is 4.98 Å². The molecule has 0 radical (unpaired) electrons. The van der Waals surface area contributed by atoms with Gasteiger partial charge in [-0.05, 0) is 28.4 Å². The zero-order chi connectivity index (χ0) is 21.5. The van der Waals surface area contributed by atoms with Crippen LogP contribution in [0.1, 0.15) is 45.4 Å². The van der Waals surface area contributed by atoms with Gasteiger partial charge in [0.2, 0.25) is 0 Å². The Morgan fingerprint density at radius 2 is 2.00 bits per heavy atom. The summed E-state index contributed by atoms with van der Waals surface area (Å²) in [6.45, 7) is 2.15. The zero-order valence-corrected chi connectivity index (χ0v) is 18.3. The molecule has 3 N–H and O–H groups in total. The molecule has 9 heteroatoms. The monoisotopic (exact) mass is 473 g/mol. The highest BCUT2D eigenvalue weighted by Gasteiger charge is 2.13. The first-order valence-electron chi connectivity index (χ1n) is 9.84. The molecule has 0 fully saturated rings. The molecule has 4 aromatic heterocycles. The molecule has 0 saturated carbocycles. The molecule has 0 unspecified atom stereocenters. The average molecular weight is 474 g/mol. The normalized spacial score (nSPS) is 10.9. The van der Waals surface area contributed by atoms with Gasteiger partial charge < -0.3 is 15.3 Å². The van der Waals surface area contributed by atoms with Gasteiger partial charge in [0.05, 0.1) is 16.9 Å². The van der Waals surface area contributed by atoms with E-state index in [0.717, 1.165) is 35.1 Å². The molecule has 0 atom stereocenters. The lowest BCUT2D eigenvalue weighted by Crippen LogP contribution is -2.00. The number of fused-ring (bicyclic) bond motifs is 2. The number of halogens is 1. The summed E-state index contributed by atoms with van der Waals surface area (Å²) in [5.74, 6) is -0.162. The number of pyridine rings is 1. The quantitative estimate of drug-likeness (QED) is 0.348. The Morgan fingerprint density at radius 1 is 1.20 bits per heavy atom. The maximum absolute atomic E-state index is 10.0. The Labute approximate surface area is 182 Å². The molecule has 0 aliphatic carbocycles. The second-order valence-electron chi connectivity index (χ2n) is 6.87. The van der Waals surface area contributed by atoms with Crippen molar-refractivity contribution in [1.29, 1.82) is 0 Å². The predicted molar refractivity (Wildman–Crippen MR) is 119 cm³/mol. The van der Waals surface area contributed by atoms with Crippen LogP contribution in [0.4, 0.5) is 5.82 Å². The SMILES string of the molecule is CCCCCCCC(=O)O.Nc1c(Br)cnc2c(-c3cnc4ccoc4c3)cnn12. The number of carboxylic acids is 1. The van der Waals surface area contributed by atoms with E-state index in [-0.39, 0.29) is 0 Å². The third-order valence-electron chi connectivity index (χ3n) is 4.62. The van der Waals surface area contributed by atoms with Gasteiger partial charge in [-0.3, -0.25) is 9.78 Å². The third kappa shape index (κ3) is 5.15. The third-order valence-corrected chi connectivity index (χ3v) is 5.24. The Hall–Kier alpha value is -2.94. The van der Waals surface area contributed by atoms with Gasteiger partial charge in [-0.15, -0.1) is 0 Å². The summed E-state index contributed by atoms with van der Waals surface area (Å²) in [4.78, 5) is 18.7. The molecule has 0 aliphatic rings. The second kappa shape index (κ2) is 10.2. The first-order chi connectivity index (χ1) is 14.5. The zero-order valence-electron chi connectivity index (χ0n) is 16.7. The van der Waals surface area contributed by atoms with E-state index in [2.05, 4.69) is 37.9 Å². The Kier molecular flexibility index (Phi) is 7.40. The van der Waals surface area contributed by atoms with Crippen molar-refractivity contribution in [2.24, 2.45) is 0 Å². The number of anilines is 1. The van der Waals surface area contributed by atoms with Gasteiger partial charge in [0.25, 0.3) is 0 Å². The highest BCUT2D eigenvalue weighted by molar-refractivity contribution is 9.10. The molecule has 4 aromatic rings. The molecular formula is C21H24BrN5O3. The summed E-state index contributed by atoms with van der Waals surface area (Å²) in [6.07, 6.45) is 12.7. The van der Waals surface area contributed by atoms with Crippen molar-refractivity contribution in [2.75, 3.05) is 5.73 Å². The van der Waals surface area contributed by atoms with E-state index >= 15 is 0 Å². The molecule has 0 saturated heterocycles.